The number of carboxylic acid groups (broad SMARTS) is 1. The van der Waals surface area contributed by atoms with E-state index in [4.69, 9.17) is 16.7 Å². The van der Waals surface area contributed by atoms with Gasteiger partial charge in [0, 0.05) is 22.4 Å². The topological polar surface area (TPSA) is 97.5 Å². The molecule has 0 heterocycles. The van der Waals surface area contributed by atoms with E-state index in [0.29, 0.717) is 31.3 Å². The Labute approximate surface area is 201 Å². The lowest BCUT2D eigenvalue weighted by atomic mass is 10.1. The summed E-state index contributed by atoms with van der Waals surface area (Å²) >= 11 is 10.6. The molecule has 162 valence electrons. The van der Waals surface area contributed by atoms with E-state index in [-0.39, 0.29) is 17.0 Å². The van der Waals surface area contributed by atoms with Crippen LogP contribution in [0.5, 0.6) is 0 Å². The van der Waals surface area contributed by atoms with E-state index in [9.17, 15) is 19.7 Å². The van der Waals surface area contributed by atoms with Crippen LogP contribution in [0.4, 0.5) is 5.69 Å². The van der Waals surface area contributed by atoms with Gasteiger partial charge in [-0.3, -0.25) is 14.9 Å². The molecule has 0 aliphatic rings. The van der Waals surface area contributed by atoms with Crippen molar-refractivity contribution < 1.29 is 19.6 Å². The van der Waals surface area contributed by atoms with E-state index in [2.05, 4.69) is 15.9 Å². The average molecular weight is 533 g/mol. The van der Waals surface area contributed by atoms with Gasteiger partial charge >= 0.3 is 5.97 Å². The number of hydrogen-bond donors (Lipinski definition) is 1. The van der Waals surface area contributed by atoms with Gasteiger partial charge in [0.25, 0.3) is 5.69 Å². The summed E-state index contributed by atoms with van der Waals surface area (Å²) in [5, 5.41) is 20.9. The molecule has 0 fully saturated rings. The van der Waals surface area contributed by atoms with Gasteiger partial charge in [-0.15, -0.1) is 11.8 Å². The molecule has 9 heteroatoms. The third kappa shape index (κ3) is 5.85. The SMILES string of the molecule is O=C(O)c1ccc(C(=O)C(=Cc2ccc(Br)c([N+](=O)[O-])c2)SCc2ccccc2Cl)cc1. The minimum absolute atomic E-state index is 0.0688. The number of nitro groups is 1. The van der Waals surface area contributed by atoms with E-state index in [0.717, 1.165) is 5.56 Å². The van der Waals surface area contributed by atoms with Crippen LogP contribution in [0.1, 0.15) is 31.8 Å². The minimum atomic E-state index is -1.09. The van der Waals surface area contributed by atoms with E-state index in [1.165, 1.54) is 42.1 Å². The van der Waals surface area contributed by atoms with Crippen molar-refractivity contribution in [3.05, 3.63) is 113 Å². The molecule has 0 atom stereocenters. The van der Waals surface area contributed by atoms with E-state index in [1.807, 2.05) is 18.2 Å². The first-order chi connectivity index (χ1) is 15.3. The lowest BCUT2D eigenvalue weighted by molar-refractivity contribution is -0.385. The van der Waals surface area contributed by atoms with Crippen LogP contribution in [-0.4, -0.2) is 21.8 Å². The number of nitrogens with zero attached hydrogens (tertiary/aromatic N) is 1. The number of carbonyl (C=O) groups excluding carboxylic acids is 1. The number of hydrogen-bond acceptors (Lipinski definition) is 5. The van der Waals surface area contributed by atoms with Gasteiger partial charge in [-0.05, 0) is 57.4 Å². The lowest BCUT2D eigenvalue weighted by Gasteiger charge is -2.09. The van der Waals surface area contributed by atoms with Crippen LogP contribution < -0.4 is 0 Å². The van der Waals surface area contributed by atoms with Gasteiger partial charge in [-0.25, -0.2) is 4.79 Å². The molecule has 0 amide bonds. The average Bonchev–Trinajstić information content (AvgIpc) is 2.78. The van der Waals surface area contributed by atoms with Crippen LogP contribution in [0.15, 0.2) is 76.1 Å². The van der Waals surface area contributed by atoms with Gasteiger partial charge in [0.15, 0.2) is 5.78 Å². The predicted octanol–water partition coefficient (Wildman–Crippen LogP) is 6.87. The second-order valence-corrected chi connectivity index (χ2v) is 8.85. The molecular weight excluding hydrogens is 518 g/mol. The fraction of sp³-hybridized carbons (Fsp3) is 0.0435. The Morgan fingerprint density at radius 3 is 2.34 bits per heavy atom. The number of benzene rings is 3. The third-order valence-corrected chi connectivity index (χ3v) is 6.53. The van der Waals surface area contributed by atoms with Crippen LogP contribution in [0, 0.1) is 10.1 Å². The van der Waals surface area contributed by atoms with Crippen LogP contribution in [-0.2, 0) is 5.75 Å². The smallest absolute Gasteiger partial charge is 0.335 e. The van der Waals surface area contributed by atoms with Crippen molar-refractivity contribution in [1.29, 1.82) is 0 Å². The highest BCUT2D eigenvalue weighted by atomic mass is 79.9. The zero-order chi connectivity index (χ0) is 23.3. The first-order valence-corrected chi connectivity index (χ1v) is 11.3. The van der Waals surface area contributed by atoms with Crippen molar-refractivity contribution >= 4 is 62.8 Å². The Hall–Kier alpha value is -2.94. The molecule has 0 saturated carbocycles. The number of nitro benzene ring substituents is 1. The molecule has 0 aliphatic carbocycles. The van der Waals surface area contributed by atoms with Crippen LogP contribution in [0.3, 0.4) is 0 Å². The number of halogens is 2. The number of allylic oxidation sites excluding steroid dienone is 1. The maximum Gasteiger partial charge on any atom is 0.335 e. The van der Waals surface area contributed by atoms with Crippen molar-refractivity contribution in [1.82, 2.24) is 0 Å². The van der Waals surface area contributed by atoms with Gasteiger partial charge in [-0.1, -0.05) is 48.0 Å². The highest BCUT2D eigenvalue weighted by molar-refractivity contribution is 9.10. The second-order valence-electron chi connectivity index (χ2n) is 6.57. The largest absolute Gasteiger partial charge is 0.478 e. The Kier molecular flexibility index (Phi) is 7.84. The minimum Gasteiger partial charge on any atom is -0.478 e. The summed E-state index contributed by atoms with van der Waals surface area (Å²) in [5.41, 5.74) is 1.57. The number of carboxylic acids is 1. The number of ketones is 1. The molecular formula is C23H15BrClNO5S. The first-order valence-electron chi connectivity index (χ1n) is 9.16. The quantitative estimate of drug-likeness (QED) is 0.147. The third-order valence-electron chi connectivity index (χ3n) is 4.42. The molecule has 6 nitrogen and oxygen atoms in total. The molecule has 0 aromatic heterocycles. The van der Waals surface area contributed by atoms with Crippen molar-refractivity contribution in [3.8, 4) is 0 Å². The van der Waals surface area contributed by atoms with Crippen LogP contribution in [0.2, 0.25) is 5.02 Å². The van der Waals surface area contributed by atoms with Gasteiger partial charge in [0.1, 0.15) is 0 Å². The van der Waals surface area contributed by atoms with Crippen molar-refractivity contribution in [2.24, 2.45) is 0 Å². The number of aromatic carboxylic acids is 1. The summed E-state index contributed by atoms with van der Waals surface area (Å²) in [6, 6.07) is 17.4. The maximum absolute atomic E-state index is 13.2. The molecule has 0 unspecified atom stereocenters. The summed E-state index contributed by atoms with van der Waals surface area (Å²) < 4.78 is 0.334. The molecule has 3 aromatic carbocycles. The van der Waals surface area contributed by atoms with Crippen molar-refractivity contribution in [2.45, 2.75) is 5.75 Å². The van der Waals surface area contributed by atoms with E-state index < -0.39 is 10.9 Å². The van der Waals surface area contributed by atoms with E-state index >= 15 is 0 Å². The Morgan fingerprint density at radius 1 is 1.06 bits per heavy atom. The maximum atomic E-state index is 13.2. The molecule has 1 N–H and O–H groups in total. The number of Topliss-reactive ketones (excluding diaryl/α,β-unsaturated/α-hetero) is 1. The Balaban J connectivity index is 1.98. The molecule has 0 saturated heterocycles. The molecule has 0 aliphatic heterocycles. The fourth-order valence-electron chi connectivity index (χ4n) is 2.76. The summed E-state index contributed by atoms with van der Waals surface area (Å²) in [6.45, 7) is 0. The molecule has 0 spiro atoms. The number of carbonyl (C=O) groups is 2. The normalized spacial score (nSPS) is 11.2. The lowest BCUT2D eigenvalue weighted by Crippen LogP contribution is -2.03. The summed E-state index contributed by atoms with van der Waals surface area (Å²) in [4.78, 5) is 35.4. The molecule has 0 bridgehead atoms. The Bertz CT molecular complexity index is 1230. The summed E-state index contributed by atoms with van der Waals surface area (Å²) in [6.07, 6.45) is 1.58. The summed E-state index contributed by atoms with van der Waals surface area (Å²) in [5.74, 6) is -1.01. The van der Waals surface area contributed by atoms with Crippen molar-refractivity contribution in [3.63, 3.8) is 0 Å². The Morgan fingerprint density at radius 2 is 1.72 bits per heavy atom. The van der Waals surface area contributed by atoms with Gasteiger partial charge in [-0.2, -0.15) is 0 Å². The summed E-state index contributed by atoms with van der Waals surface area (Å²) in [7, 11) is 0. The van der Waals surface area contributed by atoms with Gasteiger partial charge in [0.2, 0.25) is 0 Å². The molecule has 3 aromatic rings. The standard InChI is InChI=1S/C23H15BrClNO5S/c24-18-10-5-14(11-20(18)26(30)31)12-21(32-13-17-3-1-2-4-19(17)25)22(27)15-6-8-16(9-7-15)23(28)29/h1-12H,13H2,(H,28,29). The number of rotatable bonds is 8. The first kappa shape index (κ1) is 23.7. The van der Waals surface area contributed by atoms with Gasteiger partial charge < -0.3 is 5.11 Å². The predicted molar refractivity (Wildman–Crippen MR) is 129 cm³/mol. The highest BCUT2D eigenvalue weighted by Crippen LogP contribution is 2.32. The number of thioether (sulfide) groups is 1. The van der Waals surface area contributed by atoms with E-state index in [1.54, 1.807) is 24.3 Å². The zero-order valence-corrected chi connectivity index (χ0v) is 19.5. The van der Waals surface area contributed by atoms with Crippen LogP contribution in [0.25, 0.3) is 6.08 Å². The monoisotopic (exact) mass is 531 g/mol. The zero-order valence-electron chi connectivity index (χ0n) is 16.3. The molecule has 3 rings (SSSR count). The van der Waals surface area contributed by atoms with Crippen LogP contribution >= 0.6 is 39.3 Å². The van der Waals surface area contributed by atoms with Gasteiger partial charge in [0.05, 0.1) is 19.9 Å². The highest BCUT2D eigenvalue weighted by Gasteiger charge is 2.17. The molecule has 32 heavy (non-hydrogen) atoms. The fourth-order valence-corrected chi connectivity index (χ4v) is 4.47. The second kappa shape index (κ2) is 10.6. The van der Waals surface area contributed by atoms with Crippen molar-refractivity contribution in [2.75, 3.05) is 0 Å². The molecule has 0 radical (unpaired) electrons.